The predicted molar refractivity (Wildman–Crippen MR) is 101 cm³/mol. The fraction of sp³-hybridized carbons (Fsp3) is 0.0952. The molecule has 0 saturated heterocycles. The van der Waals surface area contributed by atoms with Crippen LogP contribution in [0.4, 0.5) is 0 Å². The van der Waals surface area contributed by atoms with Crippen LogP contribution in [0.1, 0.15) is 18.3 Å². The van der Waals surface area contributed by atoms with Crippen molar-refractivity contribution in [2.75, 3.05) is 0 Å². The van der Waals surface area contributed by atoms with Gasteiger partial charge >= 0.3 is 0 Å². The van der Waals surface area contributed by atoms with Gasteiger partial charge in [-0.3, -0.25) is 4.98 Å². The van der Waals surface area contributed by atoms with E-state index in [4.69, 9.17) is 10.4 Å². The number of benzene rings is 1. The zero-order valence-electron chi connectivity index (χ0n) is 13.8. The predicted octanol–water partition coefficient (Wildman–Crippen LogP) is 5.21. The summed E-state index contributed by atoms with van der Waals surface area (Å²) in [7, 11) is 0. The van der Waals surface area contributed by atoms with Crippen molar-refractivity contribution < 1.29 is 0 Å². The molecule has 0 amide bonds. The number of rotatable bonds is 4. The molecule has 3 aromatic rings. The highest BCUT2D eigenvalue weighted by atomic mass is 14.7. The molecule has 0 saturated carbocycles. The second-order valence-corrected chi connectivity index (χ2v) is 5.67. The van der Waals surface area contributed by atoms with Gasteiger partial charge in [0.2, 0.25) is 0 Å². The standard InChI is InChI=1S/C21H19N3/c1-15(6-3-4-13-22)19-7-5-8-20(24-19)18-11-12-21-17(14-18)10-9-16(2)23-21/h3-14,22H,1-2H3/b4-3-,15-6+,22-13?. The maximum absolute atomic E-state index is 7.02. The van der Waals surface area contributed by atoms with E-state index in [9.17, 15) is 0 Å². The van der Waals surface area contributed by atoms with Crippen LogP contribution in [0.2, 0.25) is 0 Å². The van der Waals surface area contributed by atoms with Crippen molar-refractivity contribution in [1.29, 1.82) is 5.41 Å². The molecule has 1 aromatic carbocycles. The summed E-state index contributed by atoms with van der Waals surface area (Å²) in [5, 5.41) is 8.13. The van der Waals surface area contributed by atoms with Gasteiger partial charge < -0.3 is 5.41 Å². The fourth-order valence-corrected chi connectivity index (χ4v) is 2.54. The number of hydrogen-bond donors (Lipinski definition) is 1. The van der Waals surface area contributed by atoms with Gasteiger partial charge in [-0.25, -0.2) is 4.98 Å². The second-order valence-electron chi connectivity index (χ2n) is 5.67. The fourth-order valence-electron chi connectivity index (χ4n) is 2.54. The van der Waals surface area contributed by atoms with Crippen molar-refractivity contribution in [1.82, 2.24) is 9.97 Å². The monoisotopic (exact) mass is 313 g/mol. The summed E-state index contributed by atoms with van der Waals surface area (Å²) in [6.07, 6.45) is 6.76. The smallest absolute Gasteiger partial charge is 0.0709 e. The SMILES string of the molecule is C/C(=C\C=C/C=N)c1cccc(-c2ccc3nc(C)ccc3c2)n1. The Hall–Kier alpha value is -3.07. The Morgan fingerprint density at radius 1 is 1.00 bits per heavy atom. The Kier molecular flexibility index (Phi) is 4.62. The maximum Gasteiger partial charge on any atom is 0.0709 e. The number of nitrogens with zero attached hydrogens (tertiary/aromatic N) is 2. The van der Waals surface area contributed by atoms with E-state index < -0.39 is 0 Å². The maximum atomic E-state index is 7.02. The first-order valence-corrected chi connectivity index (χ1v) is 7.86. The molecule has 0 unspecified atom stereocenters. The topological polar surface area (TPSA) is 49.6 Å². The van der Waals surface area contributed by atoms with Crippen LogP contribution in [0.25, 0.3) is 27.7 Å². The van der Waals surface area contributed by atoms with E-state index in [1.54, 1.807) is 6.08 Å². The lowest BCUT2D eigenvalue weighted by atomic mass is 10.1. The molecule has 0 aliphatic rings. The lowest BCUT2D eigenvalue weighted by Crippen LogP contribution is -1.90. The number of allylic oxidation sites excluding steroid dienone is 4. The number of hydrogen-bond acceptors (Lipinski definition) is 3. The number of aryl methyl sites for hydroxylation is 1. The van der Waals surface area contributed by atoms with Crippen LogP contribution in [0, 0.1) is 12.3 Å². The van der Waals surface area contributed by atoms with Crippen molar-refractivity contribution in [3.63, 3.8) is 0 Å². The summed E-state index contributed by atoms with van der Waals surface area (Å²) in [4.78, 5) is 9.31. The zero-order chi connectivity index (χ0) is 16.9. The Balaban J connectivity index is 1.99. The molecule has 0 spiro atoms. The van der Waals surface area contributed by atoms with Crippen LogP contribution in [-0.2, 0) is 0 Å². The molecule has 1 N–H and O–H groups in total. The van der Waals surface area contributed by atoms with Gasteiger partial charge in [0.25, 0.3) is 0 Å². The summed E-state index contributed by atoms with van der Waals surface area (Å²) in [5.74, 6) is 0. The van der Waals surface area contributed by atoms with Crippen molar-refractivity contribution in [2.45, 2.75) is 13.8 Å². The van der Waals surface area contributed by atoms with Crippen LogP contribution < -0.4 is 0 Å². The van der Waals surface area contributed by atoms with Crippen LogP contribution in [0.15, 0.2) is 66.8 Å². The van der Waals surface area contributed by atoms with Gasteiger partial charge in [-0.2, -0.15) is 0 Å². The molecule has 0 atom stereocenters. The highest BCUT2D eigenvalue weighted by Gasteiger charge is 2.04. The highest BCUT2D eigenvalue weighted by Crippen LogP contribution is 2.24. The van der Waals surface area contributed by atoms with E-state index >= 15 is 0 Å². The van der Waals surface area contributed by atoms with Crippen LogP contribution in [0.3, 0.4) is 0 Å². The third-order valence-corrected chi connectivity index (χ3v) is 3.83. The lowest BCUT2D eigenvalue weighted by molar-refractivity contribution is 1.25. The average Bonchev–Trinajstić information content (AvgIpc) is 2.61. The van der Waals surface area contributed by atoms with E-state index in [2.05, 4.69) is 23.2 Å². The summed E-state index contributed by atoms with van der Waals surface area (Å²) in [6.45, 7) is 4.02. The van der Waals surface area contributed by atoms with E-state index in [1.165, 1.54) is 6.21 Å². The molecule has 24 heavy (non-hydrogen) atoms. The molecule has 0 radical (unpaired) electrons. The Morgan fingerprint density at radius 2 is 1.88 bits per heavy atom. The number of pyridine rings is 2. The molecular formula is C21H19N3. The van der Waals surface area contributed by atoms with Gasteiger partial charge in [-0.05, 0) is 55.8 Å². The Bertz CT molecular complexity index is 952. The van der Waals surface area contributed by atoms with Gasteiger partial charge in [0.05, 0.1) is 16.9 Å². The molecule has 3 nitrogen and oxygen atoms in total. The Morgan fingerprint density at radius 3 is 2.71 bits per heavy atom. The van der Waals surface area contributed by atoms with Crippen LogP contribution in [-0.4, -0.2) is 16.2 Å². The first-order valence-electron chi connectivity index (χ1n) is 7.86. The number of fused-ring (bicyclic) bond motifs is 1. The molecule has 0 bridgehead atoms. The zero-order valence-corrected chi connectivity index (χ0v) is 13.8. The third-order valence-electron chi connectivity index (χ3n) is 3.83. The summed E-state index contributed by atoms with van der Waals surface area (Å²) < 4.78 is 0. The first kappa shape index (κ1) is 15.8. The first-order chi connectivity index (χ1) is 11.7. The van der Waals surface area contributed by atoms with Gasteiger partial charge in [-0.15, -0.1) is 0 Å². The minimum atomic E-state index is 0.934. The normalized spacial score (nSPS) is 12.0. The van der Waals surface area contributed by atoms with E-state index in [1.807, 2.05) is 56.3 Å². The highest BCUT2D eigenvalue weighted by molar-refractivity contribution is 5.84. The largest absolute Gasteiger partial charge is 0.309 e. The molecule has 0 aliphatic carbocycles. The average molecular weight is 313 g/mol. The van der Waals surface area contributed by atoms with Gasteiger partial charge in [0.1, 0.15) is 0 Å². The third kappa shape index (κ3) is 3.46. The van der Waals surface area contributed by atoms with Crippen molar-refractivity contribution in [3.05, 3.63) is 78.1 Å². The number of nitrogens with one attached hydrogen (secondary N) is 1. The number of aromatic nitrogens is 2. The summed E-state index contributed by atoms with van der Waals surface area (Å²) in [6, 6.07) is 16.4. The van der Waals surface area contributed by atoms with E-state index in [0.29, 0.717) is 0 Å². The second kappa shape index (κ2) is 7.01. The summed E-state index contributed by atoms with van der Waals surface area (Å²) in [5.41, 5.74) is 6.05. The minimum Gasteiger partial charge on any atom is -0.309 e. The van der Waals surface area contributed by atoms with Crippen molar-refractivity contribution >= 4 is 22.7 Å². The molecule has 0 fully saturated rings. The molecule has 0 aliphatic heterocycles. The molecule has 3 rings (SSSR count). The van der Waals surface area contributed by atoms with Crippen molar-refractivity contribution in [2.24, 2.45) is 0 Å². The van der Waals surface area contributed by atoms with E-state index in [-0.39, 0.29) is 0 Å². The minimum absolute atomic E-state index is 0.934. The van der Waals surface area contributed by atoms with Gasteiger partial charge in [0, 0.05) is 22.9 Å². The molecule has 118 valence electrons. The van der Waals surface area contributed by atoms with Crippen molar-refractivity contribution in [3.8, 4) is 11.3 Å². The lowest BCUT2D eigenvalue weighted by Gasteiger charge is -2.06. The molecule has 2 heterocycles. The van der Waals surface area contributed by atoms with Gasteiger partial charge in [-0.1, -0.05) is 30.4 Å². The Labute approximate surface area is 141 Å². The van der Waals surface area contributed by atoms with Crippen LogP contribution in [0.5, 0.6) is 0 Å². The van der Waals surface area contributed by atoms with Crippen LogP contribution >= 0.6 is 0 Å². The molecule has 2 aromatic heterocycles. The summed E-state index contributed by atoms with van der Waals surface area (Å²) >= 11 is 0. The molecular weight excluding hydrogens is 294 g/mol. The molecule has 3 heteroatoms. The van der Waals surface area contributed by atoms with Gasteiger partial charge in [0.15, 0.2) is 0 Å². The van der Waals surface area contributed by atoms with E-state index in [0.717, 1.165) is 39.1 Å². The quantitative estimate of drug-likeness (QED) is 0.530.